The average Bonchev–Trinajstić information content (AvgIpc) is 2.10. The first-order chi connectivity index (χ1) is 4.24. The first-order valence-electron chi connectivity index (χ1n) is 2.31. The quantitative estimate of drug-likeness (QED) is 0.502. The Morgan fingerprint density at radius 1 is 1.56 bits per heavy atom. The van der Waals surface area contributed by atoms with Crippen molar-refractivity contribution >= 4 is 6.16 Å². The maximum atomic E-state index is 12.0. The van der Waals surface area contributed by atoms with Crippen molar-refractivity contribution in [3.8, 4) is 0 Å². The monoisotopic (exact) mass is 138 g/mol. The molecule has 0 spiro atoms. The number of cyclic esters (lactones) is 2. The molecule has 1 heterocycles. The highest BCUT2D eigenvalue weighted by atomic mass is 19.2. The largest absolute Gasteiger partial charge is 0.511 e. The van der Waals surface area contributed by atoms with Crippen molar-refractivity contribution in [2.45, 2.75) is 12.5 Å². The normalized spacial score (nSPS) is 33.8. The molecule has 9 heavy (non-hydrogen) atoms. The molecule has 2 unspecified atom stereocenters. The zero-order valence-corrected chi connectivity index (χ0v) is 4.34. The van der Waals surface area contributed by atoms with Crippen molar-refractivity contribution in [1.29, 1.82) is 0 Å². The zero-order chi connectivity index (χ0) is 6.85. The van der Waals surface area contributed by atoms with Crippen molar-refractivity contribution in [3.05, 3.63) is 0 Å². The second-order valence-corrected chi connectivity index (χ2v) is 1.53. The second-order valence-electron chi connectivity index (χ2n) is 1.53. The molecule has 0 N–H and O–H groups in total. The van der Waals surface area contributed by atoms with E-state index in [1.807, 2.05) is 0 Å². The smallest absolute Gasteiger partial charge is 0.421 e. The SMILES string of the molecule is O=C1OC(F)C(CF)O1. The number of hydrogen-bond donors (Lipinski definition) is 0. The van der Waals surface area contributed by atoms with Gasteiger partial charge in [0.1, 0.15) is 6.67 Å². The molecule has 1 fully saturated rings. The molecule has 0 bridgehead atoms. The summed E-state index contributed by atoms with van der Waals surface area (Å²) in [6.07, 6.45) is -4.45. The molecule has 2 atom stereocenters. The van der Waals surface area contributed by atoms with Crippen LogP contribution in [0.1, 0.15) is 0 Å². The lowest BCUT2D eigenvalue weighted by Crippen LogP contribution is -2.19. The Bertz CT molecular complexity index is 127. The number of ether oxygens (including phenoxy) is 2. The molecule has 0 aliphatic carbocycles. The van der Waals surface area contributed by atoms with Crippen LogP contribution in [-0.4, -0.2) is 25.3 Å². The summed E-state index contributed by atoms with van der Waals surface area (Å²) in [6.45, 7) is -1.05. The van der Waals surface area contributed by atoms with Crippen molar-refractivity contribution in [2.24, 2.45) is 0 Å². The molecule has 1 rings (SSSR count). The number of rotatable bonds is 1. The van der Waals surface area contributed by atoms with Gasteiger partial charge in [0.15, 0.2) is 0 Å². The van der Waals surface area contributed by atoms with Crippen LogP contribution in [0, 0.1) is 0 Å². The van der Waals surface area contributed by atoms with Crippen LogP contribution in [0.25, 0.3) is 0 Å². The fourth-order valence-electron chi connectivity index (χ4n) is 0.474. The van der Waals surface area contributed by atoms with Gasteiger partial charge < -0.3 is 9.47 Å². The van der Waals surface area contributed by atoms with Gasteiger partial charge in [0.25, 0.3) is 6.36 Å². The van der Waals surface area contributed by atoms with Gasteiger partial charge in [-0.25, -0.2) is 9.18 Å². The Morgan fingerprint density at radius 3 is 2.44 bits per heavy atom. The molecular formula is C4H4F2O3. The van der Waals surface area contributed by atoms with E-state index in [0.717, 1.165) is 0 Å². The van der Waals surface area contributed by atoms with Crippen LogP contribution >= 0.6 is 0 Å². The Hall–Kier alpha value is -0.870. The number of halogens is 2. The Labute approximate surface area is 49.5 Å². The van der Waals surface area contributed by atoms with Gasteiger partial charge in [-0.15, -0.1) is 0 Å². The van der Waals surface area contributed by atoms with Gasteiger partial charge >= 0.3 is 6.16 Å². The summed E-state index contributed by atoms with van der Waals surface area (Å²) >= 11 is 0. The van der Waals surface area contributed by atoms with Gasteiger partial charge in [0.2, 0.25) is 6.10 Å². The summed E-state index contributed by atoms with van der Waals surface area (Å²) in [5.41, 5.74) is 0. The summed E-state index contributed by atoms with van der Waals surface area (Å²) < 4.78 is 31.4. The Balaban J connectivity index is 2.47. The second kappa shape index (κ2) is 2.16. The number of carbonyl (C=O) groups is 1. The van der Waals surface area contributed by atoms with Gasteiger partial charge in [0.05, 0.1) is 0 Å². The first kappa shape index (κ1) is 6.25. The van der Waals surface area contributed by atoms with E-state index in [1.54, 1.807) is 0 Å². The van der Waals surface area contributed by atoms with Gasteiger partial charge in [-0.05, 0) is 0 Å². The molecule has 0 aromatic carbocycles. The van der Waals surface area contributed by atoms with E-state index in [1.165, 1.54) is 0 Å². The van der Waals surface area contributed by atoms with Crippen molar-refractivity contribution in [3.63, 3.8) is 0 Å². The summed E-state index contributed by atoms with van der Waals surface area (Å²) in [7, 11) is 0. The van der Waals surface area contributed by atoms with Crippen LogP contribution in [-0.2, 0) is 9.47 Å². The molecule has 0 aromatic heterocycles. The van der Waals surface area contributed by atoms with Crippen LogP contribution in [0.15, 0.2) is 0 Å². The fourth-order valence-corrected chi connectivity index (χ4v) is 0.474. The summed E-state index contributed by atoms with van der Waals surface area (Å²) in [6, 6.07) is 0. The van der Waals surface area contributed by atoms with Crippen LogP contribution < -0.4 is 0 Å². The highest BCUT2D eigenvalue weighted by Crippen LogP contribution is 2.15. The minimum Gasteiger partial charge on any atom is -0.421 e. The summed E-state index contributed by atoms with van der Waals surface area (Å²) in [5.74, 6) is 0. The third-order valence-corrected chi connectivity index (χ3v) is 0.901. The summed E-state index contributed by atoms with van der Waals surface area (Å²) in [5, 5.41) is 0. The molecule has 5 heteroatoms. The topological polar surface area (TPSA) is 35.5 Å². The number of hydrogen-bond acceptors (Lipinski definition) is 3. The number of alkyl halides is 2. The van der Waals surface area contributed by atoms with E-state index in [9.17, 15) is 13.6 Å². The highest BCUT2D eigenvalue weighted by molar-refractivity contribution is 5.62. The van der Waals surface area contributed by atoms with E-state index < -0.39 is 25.3 Å². The minimum atomic E-state index is -1.94. The lowest BCUT2D eigenvalue weighted by Gasteiger charge is -1.99. The summed E-state index contributed by atoms with van der Waals surface area (Å²) in [4.78, 5) is 9.97. The molecule has 1 aliphatic rings. The van der Waals surface area contributed by atoms with Crippen molar-refractivity contribution in [2.75, 3.05) is 6.67 Å². The molecule has 1 saturated heterocycles. The van der Waals surface area contributed by atoms with E-state index in [-0.39, 0.29) is 0 Å². The van der Waals surface area contributed by atoms with Gasteiger partial charge in [-0.3, -0.25) is 0 Å². The molecule has 1 aliphatic heterocycles. The number of carbonyl (C=O) groups excluding carboxylic acids is 1. The lowest BCUT2D eigenvalue weighted by molar-refractivity contribution is 0.0225. The van der Waals surface area contributed by atoms with Crippen LogP contribution in [0.4, 0.5) is 13.6 Å². The molecule has 0 radical (unpaired) electrons. The Kier molecular flexibility index (Phi) is 1.50. The third kappa shape index (κ3) is 1.09. The molecule has 0 amide bonds. The molecule has 52 valence electrons. The molecule has 3 nitrogen and oxygen atoms in total. The molecule has 0 saturated carbocycles. The van der Waals surface area contributed by atoms with E-state index >= 15 is 0 Å². The predicted molar refractivity (Wildman–Crippen MR) is 22.2 cm³/mol. The lowest BCUT2D eigenvalue weighted by atomic mass is 10.4. The third-order valence-electron chi connectivity index (χ3n) is 0.901. The standard InChI is InChI=1S/C4H4F2O3/c5-1-2-3(6)9-4(7)8-2/h2-3H,1H2. The first-order valence-corrected chi connectivity index (χ1v) is 2.31. The average molecular weight is 138 g/mol. The van der Waals surface area contributed by atoms with Gasteiger partial charge in [-0.2, -0.15) is 4.39 Å². The maximum absolute atomic E-state index is 12.0. The van der Waals surface area contributed by atoms with E-state index in [4.69, 9.17) is 0 Å². The molecule has 0 aromatic rings. The van der Waals surface area contributed by atoms with E-state index in [0.29, 0.717) is 0 Å². The van der Waals surface area contributed by atoms with E-state index in [2.05, 4.69) is 9.47 Å². The van der Waals surface area contributed by atoms with Crippen LogP contribution in [0.3, 0.4) is 0 Å². The minimum absolute atomic E-state index is 1.05. The van der Waals surface area contributed by atoms with Crippen molar-refractivity contribution < 1.29 is 23.0 Å². The van der Waals surface area contributed by atoms with Gasteiger partial charge in [0, 0.05) is 0 Å². The van der Waals surface area contributed by atoms with Crippen LogP contribution in [0.2, 0.25) is 0 Å². The Morgan fingerprint density at radius 2 is 2.22 bits per heavy atom. The van der Waals surface area contributed by atoms with Crippen LogP contribution in [0.5, 0.6) is 0 Å². The zero-order valence-electron chi connectivity index (χ0n) is 4.34. The molecular weight excluding hydrogens is 134 g/mol. The fraction of sp³-hybridized carbons (Fsp3) is 0.750. The van der Waals surface area contributed by atoms with Crippen molar-refractivity contribution in [1.82, 2.24) is 0 Å². The predicted octanol–water partition coefficient (Wildman–Crippen LogP) is 0.787. The highest BCUT2D eigenvalue weighted by Gasteiger charge is 2.36. The maximum Gasteiger partial charge on any atom is 0.511 e. The van der Waals surface area contributed by atoms with Gasteiger partial charge in [-0.1, -0.05) is 0 Å².